The van der Waals surface area contributed by atoms with E-state index in [4.69, 9.17) is 0 Å². The van der Waals surface area contributed by atoms with E-state index in [1.807, 2.05) is 16.9 Å². The molecule has 0 atom stereocenters. The molecule has 19 heavy (non-hydrogen) atoms. The molecule has 0 fully saturated rings. The molecule has 1 rings (SSSR count). The van der Waals surface area contributed by atoms with Crippen LogP contribution < -0.4 is 0 Å². The molecule has 0 aromatic carbocycles. The van der Waals surface area contributed by atoms with E-state index in [1.54, 1.807) is 0 Å². The van der Waals surface area contributed by atoms with Crippen LogP contribution in [-0.2, 0) is 6.42 Å². The summed E-state index contributed by atoms with van der Waals surface area (Å²) < 4.78 is 1.96. The molecule has 0 aliphatic rings. The minimum absolute atomic E-state index is 0.372. The van der Waals surface area contributed by atoms with Gasteiger partial charge in [-0.15, -0.1) is 0 Å². The van der Waals surface area contributed by atoms with Crippen molar-refractivity contribution in [3.8, 4) is 0 Å². The Balaban J connectivity index is 2.80. The van der Waals surface area contributed by atoms with Crippen LogP contribution in [-0.4, -0.2) is 20.5 Å². The standard InChI is InChI=1S/C16H30N2O/c1-12(2)9-16(19,10-13(3)4)11-15-7-8-18(17-15)14(5)6/h7-8,12-14,19H,9-11H2,1-6H3. The van der Waals surface area contributed by atoms with E-state index in [1.165, 1.54) is 0 Å². The summed E-state index contributed by atoms with van der Waals surface area (Å²) in [5.74, 6) is 0.992. The van der Waals surface area contributed by atoms with Gasteiger partial charge < -0.3 is 5.11 Å². The van der Waals surface area contributed by atoms with E-state index in [-0.39, 0.29) is 0 Å². The summed E-state index contributed by atoms with van der Waals surface area (Å²) in [6, 6.07) is 2.41. The zero-order valence-corrected chi connectivity index (χ0v) is 13.3. The van der Waals surface area contributed by atoms with Crippen molar-refractivity contribution in [1.82, 2.24) is 9.78 Å². The Morgan fingerprint density at radius 2 is 1.63 bits per heavy atom. The fourth-order valence-corrected chi connectivity index (χ4v) is 2.84. The van der Waals surface area contributed by atoms with Gasteiger partial charge in [-0.2, -0.15) is 5.10 Å². The van der Waals surface area contributed by atoms with Gasteiger partial charge in [0.05, 0.1) is 11.3 Å². The van der Waals surface area contributed by atoms with E-state index < -0.39 is 5.60 Å². The van der Waals surface area contributed by atoms with Crippen LogP contribution in [0.1, 0.15) is 66.1 Å². The average molecular weight is 266 g/mol. The number of hydrogen-bond acceptors (Lipinski definition) is 2. The molecule has 0 spiro atoms. The molecule has 0 radical (unpaired) electrons. The first kappa shape index (κ1) is 16.2. The highest BCUT2D eigenvalue weighted by atomic mass is 16.3. The van der Waals surface area contributed by atoms with Crippen LogP contribution in [0.25, 0.3) is 0 Å². The lowest BCUT2D eigenvalue weighted by atomic mass is 9.82. The summed E-state index contributed by atoms with van der Waals surface area (Å²) in [6.07, 6.45) is 4.33. The van der Waals surface area contributed by atoms with Crippen molar-refractivity contribution in [2.45, 2.75) is 72.4 Å². The van der Waals surface area contributed by atoms with Gasteiger partial charge in [0.2, 0.25) is 0 Å². The quantitative estimate of drug-likeness (QED) is 0.814. The van der Waals surface area contributed by atoms with E-state index in [2.05, 4.69) is 46.6 Å². The molecule has 0 unspecified atom stereocenters. The molecule has 0 bridgehead atoms. The molecule has 0 saturated carbocycles. The van der Waals surface area contributed by atoms with Gasteiger partial charge in [0.1, 0.15) is 0 Å². The minimum atomic E-state index is -0.626. The van der Waals surface area contributed by atoms with Crippen LogP contribution in [0.5, 0.6) is 0 Å². The van der Waals surface area contributed by atoms with Gasteiger partial charge >= 0.3 is 0 Å². The molecule has 0 amide bonds. The molecule has 3 nitrogen and oxygen atoms in total. The van der Waals surface area contributed by atoms with Crippen molar-refractivity contribution >= 4 is 0 Å². The SMILES string of the molecule is CC(C)CC(O)(Cc1ccn(C(C)C)n1)CC(C)C. The van der Waals surface area contributed by atoms with Gasteiger partial charge in [0, 0.05) is 18.7 Å². The molecular formula is C16H30N2O. The van der Waals surface area contributed by atoms with Crippen molar-refractivity contribution in [3.05, 3.63) is 18.0 Å². The topological polar surface area (TPSA) is 38.0 Å². The van der Waals surface area contributed by atoms with Crippen LogP contribution in [0.3, 0.4) is 0 Å². The molecule has 1 heterocycles. The number of aromatic nitrogens is 2. The van der Waals surface area contributed by atoms with Crippen molar-refractivity contribution in [1.29, 1.82) is 0 Å². The Hall–Kier alpha value is -0.830. The number of rotatable bonds is 7. The van der Waals surface area contributed by atoms with Crippen LogP contribution in [0.4, 0.5) is 0 Å². The smallest absolute Gasteiger partial charge is 0.0708 e. The van der Waals surface area contributed by atoms with Crippen molar-refractivity contribution in [2.75, 3.05) is 0 Å². The molecule has 1 N–H and O–H groups in total. The lowest BCUT2D eigenvalue weighted by Crippen LogP contribution is -2.35. The number of nitrogens with zero attached hydrogens (tertiary/aromatic N) is 2. The van der Waals surface area contributed by atoms with Gasteiger partial charge in [-0.3, -0.25) is 4.68 Å². The number of hydrogen-bond donors (Lipinski definition) is 1. The second-order valence-corrected chi connectivity index (χ2v) is 6.98. The molecule has 0 aliphatic carbocycles. The van der Waals surface area contributed by atoms with Crippen LogP contribution in [0, 0.1) is 11.8 Å². The zero-order valence-electron chi connectivity index (χ0n) is 13.3. The lowest BCUT2D eigenvalue weighted by molar-refractivity contribution is -0.000200. The Kier molecular flexibility index (Phi) is 5.60. The first-order chi connectivity index (χ1) is 8.72. The third-order valence-corrected chi connectivity index (χ3v) is 3.28. The second kappa shape index (κ2) is 6.56. The summed E-state index contributed by atoms with van der Waals surface area (Å²) >= 11 is 0. The molecular weight excluding hydrogens is 236 g/mol. The molecule has 0 saturated heterocycles. The van der Waals surface area contributed by atoms with Crippen molar-refractivity contribution in [2.24, 2.45) is 11.8 Å². The van der Waals surface area contributed by atoms with E-state index in [0.717, 1.165) is 18.5 Å². The Labute approximate surface area is 118 Å². The second-order valence-electron chi connectivity index (χ2n) is 6.98. The van der Waals surface area contributed by atoms with Crippen LogP contribution in [0.2, 0.25) is 0 Å². The predicted molar refractivity (Wildman–Crippen MR) is 80.2 cm³/mol. The summed E-state index contributed by atoms with van der Waals surface area (Å²) in [7, 11) is 0. The maximum absolute atomic E-state index is 10.9. The molecule has 1 aromatic rings. The van der Waals surface area contributed by atoms with E-state index in [9.17, 15) is 5.11 Å². The highest BCUT2D eigenvalue weighted by molar-refractivity contribution is 5.05. The van der Waals surface area contributed by atoms with Gasteiger partial charge in [0.25, 0.3) is 0 Å². The van der Waals surface area contributed by atoms with Crippen molar-refractivity contribution in [3.63, 3.8) is 0 Å². The highest BCUT2D eigenvalue weighted by Gasteiger charge is 2.30. The summed E-state index contributed by atoms with van der Waals surface area (Å²) in [5, 5.41) is 15.5. The molecule has 1 aromatic heterocycles. The fourth-order valence-electron chi connectivity index (χ4n) is 2.84. The zero-order chi connectivity index (χ0) is 14.6. The fraction of sp³-hybridized carbons (Fsp3) is 0.812. The third-order valence-electron chi connectivity index (χ3n) is 3.28. The van der Waals surface area contributed by atoms with Gasteiger partial charge in [-0.05, 0) is 44.6 Å². The average Bonchev–Trinajstić information content (AvgIpc) is 2.62. The van der Waals surface area contributed by atoms with E-state index >= 15 is 0 Å². The largest absolute Gasteiger partial charge is 0.389 e. The molecule has 3 heteroatoms. The summed E-state index contributed by atoms with van der Waals surface area (Å²) in [5.41, 5.74) is 0.371. The van der Waals surface area contributed by atoms with Crippen LogP contribution in [0.15, 0.2) is 12.3 Å². The summed E-state index contributed by atoms with van der Waals surface area (Å²) in [6.45, 7) is 12.9. The Bertz CT molecular complexity index is 370. The monoisotopic (exact) mass is 266 g/mol. The molecule has 0 aliphatic heterocycles. The minimum Gasteiger partial charge on any atom is -0.389 e. The maximum Gasteiger partial charge on any atom is 0.0708 e. The Morgan fingerprint density at radius 1 is 1.11 bits per heavy atom. The van der Waals surface area contributed by atoms with Gasteiger partial charge in [-0.25, -0.2) is 0 Å². The first-order valence-corrected chi connectivity index (χ1v) is 7.48. The van der Waals surface area contributed by atoms with Gasteiger partial charge in [0.15, 0.2) is 0 Å². The van der Waals surface area contributed by atoms with Crippen molar-refractivity contribution < 1.29 is 5.11 Å². The first-order valence-electron chi connectivity index (χ1n) is 7.48. The molecule has 110 valence electrons. The highest BCUT2D eigenvalue weighted by Crippen LogP contribution is 2.28. The lowest BCUT2D eigenvalue weighted by Gasteiger charge is -2.31. The maximum atomic E-state index is 10.9. The number of aliphatic hydroxyl groups is 1. The third kappa shape index (κ3) is 5.35. The van der Waals surface area contributed by atoms with E-state index in [0.29, 0.717) is 24.3 Å². The normalized spacial score (nSPS) is 12.9. The predicted octanol–water partition coefficient (Wildman–Crippen LogP) is 3.83. The van der Waals surface area contributed by atoms with Gasteiger partial charge in [-0.1, -0.05) is 27.7 Å². The van der Waals surface area contributed by atoms with Crippen LogP contribution >= 0.6 is 0 Å². The Morgan fingerprint density at radius 3 is 2.00 bits per heavy atom. The summed E-state index contributed by atoms with van der Waals surface area (Å²) in [4.78, 5) is 0.